The van der Waals surface area contributed by atoms with Crippen LogP contribution in [0.4, 0.5) is 5.13 Å². The van der Waals surface area contributed by atoms with E-state index in [9.17, 15) is 4.79 Å². The highest BCUT2D eigenvalue weighted by Gasteiger charge is 2.11. The fraction of sp³-hybridized carbons (Fsp3) is 0.125. The molecule has 7 nitrogen and oxygen atoms in total. The minimum atomic E-state index is -0.132. The molecule has 0 unspecified atom stereocenters. The van der Waals surface area contributed by atoms with Crippen molar-refractivity contribution in [3.8, 4) is 16.2 Å². The largest absolute Gasteiger partial charge is 0.497 e. The molecule has 1 aromatic carbocycles. The number of nitrogens with zero attached hydrogens (tertiary/aromatic N) is 3. The van der Waals surface area contributed by atoms with Gasteiger partial charge in [-0.15, -0.1) is 21.5 Å². The minimum absolute atomic E-state index is 0.132. The summed E-state index contributed by atoms with van der Waals surface area (Å²) in [5.74, 6) is 1.89. The molecule has 0 radical (unpaired) electrons. The third-order valence-corrected chi connectivity index (χ3v) is 6.63. The molecule has 0 spiro atoms. The van der Waals surface area contributed by atoms with Crippen LogP contribution in [-0.2, 0) is 5.75 Å². The number of ether oxygens (including phenoxy) is 1. The van der Waals surface area contributed by atoms with E-state index in [1.165, 1.54) is 34.4 Å². The Hall–Kier alpha value is -2.43. The molecule has 0 saturated heterocycles. The van der Waals surface area contributed by atoms with Gasteiger partial charge < -0.3 is 15.5 Å². The molecule has 3 aromatic heterocycles. The lowest BCUT2D eigenvalue weighted by molar-refractivity contribution is 0.415. The number of nitrogens with one attached hydrogen (secondary N) is 1. The number of nitrogens with two attached hydrogens (primary N) is 1. The van der Waals surface area contributed by atoms with Gasteiger partial charge in [0.25, 0.3) is 5.56 Å². The highest BCUT2D eigenvalue weighted by molar-refractivity contribution is 8.00. The minimum Gasteiger partial charge on any atom is -0.497 e. The summed E-state index contributed by atoms with van der Waals surface area (Å²) in [5, 5.41) is 8.15. The van der Waals surface area contributed by atoms with Gasteiger partial charge in [0, 0.05) is 4.88 Å². The Kier molecular flexibility index (Phi) is 4.62. The van der Waals surface area contributed by atoms with E-state index in [0.717, 1.165) is 20.5 Å². The van der Waals surface area contributed by atoms with Crippen molar-refractivity contribution in [2.24, 2.45) is 0 Å². The van der Waals surface area contributed by atoms with Gasteiger partial charge in [-0.3, -0.25) is 4.79 Å². The van der Waals surface area contributed by atoms with Crippen LogP contribution < -0.4 is 16.0 Å². The van der Waals surface area contributed by atoms with Gasteiger partial charge in [-0.05, 0) is 35.9 Å². The van der Waals surface area contributed by atoms with Gasteiger partial charge in [0.05, 0.1) is 18.4 Å². The maximum absolute atomic E-state index is 12.4. The fourth-order valence-electron chi connectivity index (χ4n) is 2.36. The van der Waals surface area contributed by atoms with Gasteiger partial charge in [-0.2, -0.15) is 0 Å². The number of nitrogen functional groups attached to an aromatic ring is 1. The van der Waals surface area contributed by atoms with Crippen LogP contribution in [0.15, 0.2) is 39.5 Å². The molecule has 4 rings (SSSR count). The van der Waals surface area contributed by atoms with Crippen molar-refractivity contribution >= 4 is 49.8 Å². The van der Waals surface area contributed by atoms with Gasteiger partial charge in [-0.1, -0.05) is 23.1 Å². The Bertz CT molecular complexity index is 1120. The van der Waals surface area contributed by atoms with Crippen molar-refractivity contribution in [1.29, 1.82) is 0 Å². The van der Waals surface area contributed by atoms with Crippen LogP contribution in [0.5, 0.6) is 5.75 Å². The second kappa shape index (κ2) is 7.06. The summed E-state index contributed by atoms with van der Waals surface area (Å²) in [4.78, 5) is 20.8. The first kappa shape index (κ1) is 17.0. The van der Waals surface area contributed by atoms with Gasteiger partial charge in [-0.25, -0.2) is 4.98 Å². The maximum Gasteiger partial charge on any atom is 0.268 e. The lowest BCUT2D eigenvalue weighted by Crippen LogP contribution is -2.09. The Balaban J connectivity index is 1.62. The van der Waals surface area contributed by atoms with Crippen LogP contribution in [-0.4, -0.2) is 27.3 Å². The van der Waals surface area contributed by atoms with Crippen LogP contribution in [0.2, 0.25) is 0 Å². The van der Waals surface area contributed by atoms with Crippen molar-refractivity contribution in [2.45, 2.75) is 10.1 Å². The number of thiophene rings is 1. The van der Waals surface area contributed by atoms with Crippen LogP contribution >= 0.6 is 34.4 Å². The Labute approximate surface area is 160 Å². The molecule has 3 heterocycles. The molecule has 26 heavy (non-hydrogen) atoms. The van der Waals surface area contributed by atoms with Gasteiger partial charge >= 0.3 is 0 Å². The second-order valence-corrected chi connectivity index (χ2v) is 8.54. The van der Waals surface area contributed by atoms with Crippen LogP contribution in [0.1, 0.15) is 5.82 Å². The quantitative estimate of drug-likeness (QED) is 0.492. The van der Waals surface area contributed by atoms with Gasteiger partial charge in [0.1, 0.15) is 16.3 Å². The van der Waals surface area contributed by atoms with E-state index in [-0.39, 0.29) is 5.56 Å². The number of hydrogen-bond donors (Lipinski definition) is 2. The van der Waals surface area contributed by atoms with Gasteiger partial charge in [0.2, 0.25) is 5.13 Å². The molecular weight excluding hydrogens is 390 g/mol. The molecule has 132 valence electrons. The topological polar surface area (TPSA) is 107 Å². The lowest BCUT2D eigenvalue weighted by Gasteiger charge is -2.00. The van der Waals surface area contributed by atoms with E-state index in [0.29, 0.717) is 26.9 Å². The Morgan fingerprint density at radius 2 is 2.04 bits per heavy atom. The SMILES string of the molecule is COc1ccc(-c2cc3nc(CSc4nnc(N)s4)[nH]c(=O)c3s2)cc1. The third-order valence-electron chi connectivity index (χ3n) is 3.56. The number of rotatable bonds is 5. The number of thioether (sulfide) groups is 1. The average Bonchev–Trinajstić information content (AvgIpc) is 3.26. The second-order valence-electron chi connectivity index (χ2n) is 5.26. The van der Waals surface area contributed by atoms with Crippen molar-refractivity contribution < 1.29 is 4.74 Å². The zero-order valence-electron chi connectivity index (χ0n) is 13.6. The van der Waals surface area contributed by atoms with E-state index < -0.39 is 0 Å². The Morgan fingerprint density at radius 3 is 2.73 bits per heavy atom. The molecule has 0 fully saturated rings. The molecule has 0 aliphatic heterocycles. The van der Waals surface area contributed by atoms with Crippen LogP contribution in [0.3, 0.4) is 0 Å². The lowest BCUT2D eigenvalue weighted by atomic mass is 10.2. The highest BCUT2D eigenvalue weighted by atomic mass is 32.2. The summed E-state index contributed by atoms with van der Waals surface area (Å²) in [7, 11) is 1.63. The number of fused-ring (bicyclic) bond motifs is 1. The summed E-state index contributed by atoms with van der Waals surface area (Å²) in [5.41, 5.74) is 7.16. The van der Waals surface area contributed by atoms with E-state index in [2.05, 4.69) is 20.2 Å². The molecular formula is C16H13N5O2S3. The summed E-state index contributed by atoms with van der Waals surface area (Å²) in [6.07, 6.45) is 0. The highest BCUT2D eigenvalue weighted by Crippen LogP contribution is 2.32. The normalized spacial score (nSPS) is 11.1. The summed E-state index contributed by atoms with van der Waals surface area (Å²) >= 11 is 4.18. The number of methoxy groups -OCH3 is 1. The van der Waals surface area contributed by atoms with Crippen LogP contribution in [0.25, 0.3) is 20.7 Å². The average molecular weight is 404 g/mol. The zero-order chi connectivity index (χ0) is 18.1. The first-order valence-corrected chi connectivity index (χ1v) is 10.1. The van der Waals surface area contributed by atoms with Gasteiger partial charge in [0.15, 0.2) is 4.34 Å². The van der Waals surface area contributed by atoms with Crippen molar-refractivity contribution in [3.05, 3.63) is 46.5 Å². The Morgan fingerprint density at radius 1 is 1.23 bits per heavy atom. The number of hydrogen-bond acceptors (Lipinski definition) is 9. The van der Waals surface area contributed by atoms with Crippen molar-refractivity contribution in [1.82, 2.24) is 20.2 Å². The zero-order valence-corrected chi connectivity index (χ0v) is 16.0. The number of anilines is 1. The van der Waals surface area contributed by atoms with Crippen molar-refractivity contribution in [3.63, 3.8) is 0 Å². The summed E-state index contributed by atoms with van der Waals surface area (Å²) in [6.45, 7) is 0. The monoisotopic (exact) mass is 403 g/mol. The molecule has 0 atom stereocenters. The molecule has 0 saturated carbocycles. The smallest absolute Gasteiger partial charge is 0.268 e. The first-order valence-electron chi connectivity index (χ1n) is 7.51. The fourth-order valence-corrected chi connectivity index (χ4v) is 4.87. The molecule has 10 heteroatoms. The maximum atomic E-state index is 12.4. The standard InChI is InChI=1S/C16H13N5O2S3/c1-23-9-4-2-8(3-5-9)11-6-10-13(25-11)14(22)19-12(18-10)7-24-16-21-20-15(17)26-16/h2-6H,7H2,1H3,(H2,17,20)(H,18,19,22). The number of aromatic nitrogens is 4. The molecule has 3 N–H and O–H groups in total. The molecule has 0 aliphatic carbocycles. The summed E-state index contributed by atoms with van der Waals surface area (Å²) < 4.78 is 6.54. The first-order chi connectivity index (χ1) is 12.6. The predicted octanol–water partition coefficient (Wildman–Crippen LogP) is 3.39. The van der Waals surface area contributed by atoms with E-state index >= 15 is 0 Å². The molecule has 0 amide bonds. The molecule has 4 aromatic rings. The molecule has 0 aliphatic rings. The summed E-state index contributed by atoms with van der Waals surface area (Å²) in [6, 6.07) is 9.66. The third kappa shape index (κ3) is 3.43. The van der Waals surface area contributed by atoms with Crippen molar-refractivity contribution in [2.75, 3.05) is 12.8 Å². The predicted molar refractivity (Wildman–Crippen MR) is 106 cm³/mol. The van der Waals surface area contributed by atoms with E-state index in [4.69, 9.17) is 10.5 Å². The molecule has 0 bridgehead atoms. The van der Waals surface area contributed by atoms with E-state index in [1.807, 2.05) is 30.3 Å². The number of aromatic amines is 1. The number of H-pyrrole nitrogens is 1. The van der Waals surface area contributed by atoms with E-state index in [1.54, 1.807) is 7.11 Å². The van der Waals surface area contributed by atoms with Crippen LogP contribution in [0, 0.1) is 0 Å². The number of benzene rings is 1.